The second-order valence-corrected chi connectivity index (χ2v) is 9.02. The summed E-state index contributed by atoms with van der Waals surface area (Å²) in [5.41, 5.74) is 2.97. The fraction of sp³-hybridized carbons (Fsp3) is 0.333. The van der Waals surface area contributed by atoms with Gasteiger partial charge in [-0.1, -0.05) is 17.7 Å². The van der Waals surface area contributed by atoms with E-state index in [0.29, 0.717) is 51.0 Å². The maximum absolute atomic E-state index is 12.6. The molecule has 1 fully saturated rings. The lowest BCUT2D eigenvalue weighted by molar-refractivity contribution is 0.0730. The van der Waals surface area contributed by atoms with E-state index in [1.807, 2.05) is 31.2 Å². The van der Waals surface area contributed by atoms with Crippen LogP contribution >= 0.6 is 0 Å². The van der Waals surface area contributed by atoms with E-state index in [-0.39, 0.29) is 4.90 Å². The summed E-state index contributed by atoms with van der Waals surface area (Å²) < 4.78 is 37.5. The third-order valence-corrected chi connectivity index (χ3v) is 6.76. The van der Waals surface area contributed by atoms with Gasteiger partial charge in [0, 0.05) is 37.8 Å². The van der Waals surface area contributed by atoms with Crippen LogP contribution in [-0.4, -0.2) is 55.5 Å². The highest BCUT2D eigenvalue weighted by Crippen LogP contribution is 2.20. The van der Waals surface area contributed by atoms with E-state index in [0.717, 1.165) is 11.3 Å². The second kappa shape index (κ2) is 8.95. The molecule has 8 nitrogen and oxygen atoms in total. The first-order chi connectivity index (χ1) is 14.5. The Balaban J connectivity index is 1.32. The van der Waals surface area contributed by atoms with Crippen molar-refractivity contribution in [3.63, 3.8) is 0 Å². The standard InChI is InChI=1S/C21H24N4O4S/c1-16-2-4-17(5-3-16)21-24-18(15-29-21)8-9-22-20-7-6-19(14-23-20)30(26,27)25-10-12-28-13-11-25/h2-7,14-15H,8-13H2,1H3,(H,22,23). The monoisotopic (exact) mass is 428 g/mol. The molecule has 0 radical (unpaired) electrons. The average Bonchev–Trinajstić information content (AvgIpc) is 3.24. The minimum Gasteiger partial charge on any atom is -0.444 e. The molecule has 0 saturated carbocycles. The smallest absolute Gasteiger partial charge is 0.244 e. The highest BCUT2D eigenvalue weighted by molar-refractivity contribution is 7.89. The fourth-order valence-electron chi connectivity index (χ4n) is 3.14. The number of sulfonamides is 1. The summed E-state index contributed by atoms with van der Waals surface area (Å²) in [6, 6.07) is 11.3. The van der Waals surface area contributed by atoms with Gasteiger partial charge in [0.05, 0.1) is 18.9 Å². The van der Waals surface area contributed by atoms with Gasteiger partial charge in [-0.25, -0.2) is 18.4 Å². The van der Waals surface area contributed by atoms with Gasteiger partial charge >= 0.3 is 0 Å². The van der Waals surface area contributed by atoms with Gasteiger partial charge in [-0.15, -0.1) is 0 Å². The minimum absolute atomic E-state index is 0.189. The number of anilines is 1. The first kappa shape index (κ1) is 20.5. The van der Waals surface area contributed by atoms with Crippen molar-refractivity contribution in [1.82, 2.24) is 14.3 Å². The Morgan fingerprint density at radius 3 is 2.57 bits per heavy atom. The van der Waals surface area contributed by atoms with Gasteiger partial charge in [0.2, 0.25) is 15.9 Å². The van der Waals surface area contributed by atoms with E-state index in [1.165, 1.54) is 16.1 Å². The quantitative estimate of drug-likeness (QED) is 0.618. The van der Waals surface area contributed by atoms with Crippen LogP contribution in [0.4, 0.5) is 5.82 Å². The zero-order valence-electron chi connectivity index (χ0n) is 16.7. The number of aromatic nitrogens is 2. The Labute approximate surface area is 176 Å². The topological polar surface area (TPSA) is 97.6 Å². The predicted octanol–water partition coefficient (Wildman–Crippen LogP) is 2.72. The first-order valence-electron chi connectivity index (χ1n) is 9.82. The summed E-state index contributed by atoms with van der Waals surface area (Å²) in [7, 11) is -3.53. The number of hydrogen-bond donors (Lipinski definition) is 1. The van der Waals surface area contributed by atoms with Crippen molar-refractivity contribution in [2.24, 2.45) is 0 Å². The summed E-state index contributed by atoms with van der Waals surface area (Å²) in [6.07, 6.45) is 3.70. The third-order valence-electron chi connectivity index (χ3n) is 4.88. The number of morpholine rings is 1. The molecule has 1 aliphatic rings. The normalized spacial score (nSPS) is 15.2. The minimum atomic E-state index is -3.53. The van der Waals surface area contributed by atoms with Gasteiger partial charge in [-0.3, -0.25) is 0 Å². The summed E-state index contributed by atoms with van der Waals surface area (Å²) >= 11 is 0. The van der Waals surface area contributed by atoms with E-state index in [9.17, 15) is 8.42 Å². The Morgan fingerprint density at radius 2 is 1.87 bits per heavy atom. The molecular weight excluding hydrogens is 404 g/mol. The van der Waals surface area contributed by atoms with Crippen LogP contribution in [0.5, 0.6) is 0 Å². The van der Waals surface area contributed by atoms with Crippen LogP contribution in [0, 0.1) is 6.92 Å². The van der Waals surface area contributed by atoms with Gasteiger partial charge in [-0.05, 0) is 31.2 Å². The number of rotatable bonds is 7. The van der Waals surface area contributed by atoms with Crippen molar-refractivity contribution in [2.45, 2.75) is 18.2 Å². The van der Waals surface area contributed by atoms with Crippen LogP contribution in [-0.2, 0) is 21.2 Å². The number of hydrogen-bond acceptors (Lipinski definition) is 7. The summed E-state index contributed by atoms with van der Waals surface area (Å²) in [6.45, 7) is 4.20. The Kier molecular flexibility index (Phi) is 6.12. The second-order valence-electron chi connectivity index (χ2n) is 7.08. The molecule has 1 aliphatic heterocycles. The number of nitrogens with zero attached hydrogens (tertiary/aromatic N) is 3. The zero-order valence-corrected chi connectivity index (χ0v) is 17.6. The van der Waals surface area contributed by atoms with E-state index < -0.39 is 10.0 Å². The van der Waals surface area contributed by atoms with Crippen molar-refractivity contribution >= 4 is 15.8 Å². The van der Waals surface area contributed by atoms with Crippen molar-refractivity contribution in [3.05, 3.63) is 60.1 Å². The molecular formula is C21H24N4O4S. The molecule has 1 N–H and O–H groups in total. The number of oxazole rings is 1. The average molecular weight is 429 g/mol. The highest BCUT2D eigenvalue weighted by atomic mass is 32.2. The Morgan fingerprint density at radius 1 is 1.10 bits per heavy atom. The lowest BCUT2D eigenvalue weighted by atomic mass is 10.1. The van der Waals surface area contributed by atoms with Crippen molar-refractivity contribution in [3.8, 4) is 11.5 Å². The highest BCUT2D eigenvalue weighted by Gasteiger charge is 2.26. The maximum atomic E-state index is 12.6. The molecule has 9 heteroatoms. The molecule has 4 rings (SSSR count). The van der Waals surface area contributed by atoms with Crippen molar-refractivity contribution in [2.75, 3.05) is 38.2 Å². The summed E-state index contributed by atoms with van der Waals surface area (Å²) in [5.74, 6) is 1.21. The third kappa shape index (κ3) is 4.69. The Bertz CT molecular complexity index is 1070. The maximum Gasteiger partial charge on any atom is 0.244 e. The number of nitrogens with one attached hydrogen (secondary N) is 1. The number of ether oxygens (including phenoxy) is 1. The van der Waals surface area contributed by atoms with Gasteiger partial charge in [0.15, 0.2) is 0 Å². The van der Waals surface area contributed by atoms with Crippen LogP contribution in [0.15, 0.2) is 58.2 Å². The molecule has 0 amide bonds. The number of aryl methyl sites for hydroxylation is 1. The van der Waals surface area contributed by atoms with Crippen molar-refractivity contribution < 1.29 is 17.6 Å². The molecule has 1 saturated heterocycles. The molecule has 0 bridgehead atoms. The lowest BCUT2D eigenvalue weighted by Gasteiger charge is -2.25. The lowest BCUT2D eigenvalue weighted by Crippen LogP contribution is -2.40. The number of pyridine rings is 1. The fourth-order valence-corrected chi connectivity index (χ4v) is 4.50. The van der Waals surface area contributed by atoms with Crippen LogP contribution in [0.1, 0.15) is 11.3 Å². The van der Waals surface area contributed by atoms with Gasteiger partial charge < -0.3 is 14.5 Å². The molecule has 158 valence electrons. The van der Waals surface area contributed by atoms with Crippen LogP contribution < -0.4 is 5.32 Å². The van der Waals surface area contributed by atoms with Gasteiger partial charge in [0.25, 0.3) is 0 Å². The van der Waals surface area contributed by atoms with Crippen LogP contribution in [0.3, 0.4) is 0 Å². The molecule has 2 aromatic heterocycles. The zero-order chi connectivity index (χ0) is 21.0. The first-order valence-corrected chi connectivity index (χ1v) is 11.3. The van der Waals surface area contributed by atoms with E-state index in [4.69, 9.17) is 9.15 Å². The molecule has 0 unspecified atom stereocenters. The molecule has 0 atom stereocenters. The van der Waals surface area contributed by atoms with Gasteiger partial charge in [0.1, 0.15) is 17.0 Å². The Hall–Kier alpha value is -2.75. The van der Waals surface area contributed by atoms with E-state index >= 15 is 0 Å². The molecule has 0 aliphatic carbocycles. The largest absolute Gasteiger partial charge is 0.444 e. The SMILES string of the molecule is Cc1ccc(-c2nc(CCNc3ccc(S(=O)(=O)N4CCOCC4)cn3)co2)cc1. The van der Waals surface area contributed by atoms with Gasteiger partial charge in [-0.2, -0.15) is 4.31 Å². The molecule has 30 heavy (non-hydrogen) atoms. The number of benzene rings is 1. The van der Waals surface area contributed by atoms with Crippen LogP contribution in [0.25, 0.3) is 11.5 Å². The molecule has 3 heterocycles. The summed E-state index contributed by atoms with van der Waals surface area (Å²) in [4.78, 5) is 8.95. The molecule has 1 aromatic carbocycles. The van der Waals surface area contributed by atoms with Crippen molar-refractivity contribution in [1.29, 1.82) is 0 Å². The predicted molar refractivity (Wildman–Crippen MR) is 113 cm³/mol. The molecule has 0 spiro atoms. The van der Waals surface area contributed by atoms with E-state index in [1.54, 1.807) is 18.4 Å². The summed E-state index contributed by atoms with van der Waals surface area (Å²) in [5, 5.41) is 3.19. The van der Waals surface area contributed by atoms with Crippen LogP contribution in [0.2, 0.25) is 0 Å². The molecule has 3 aromatic rings. The van der Waals surface area contributed by atoms with E-state index in [2.05, 4.69) is 15.3 Å².